The quantitative estimate of drug-likeness (QED) is 0.687. The highest BCUT2D eigenvalue weighted by Gasteiger charge is 2.27. The van der Waals surface area contributed by atoms with Crippen molar-refractivity contribution in [3.05, 3.63) is 26.2 Å². The minimum Gasteiger partial charge on any atom is -0.382 e. The fourth-order valence-corrected chi connectivity index (χ4v) is 2.10. The van der Waals surface area contributed by atoms with Crippen LogP contribution in [0, 0.1) is 17.0 Å². The molecule has 7 heteroatoms. The van der Waals surface area contributed by atoms with Crippen LogP contribution in [0.1, 0.15) is 12.5 Å². The third-order valence-electron chi connectivity index (χ3n) is 2.66. The molecule has 0 aliphatic rings. The maximum Gasteiger partial charge on any atom is 0.316 e. The molecule has 0 radical (unpaired) electrons. The van der Waals surface area contributed by atoms with Crippen LogP contribution in [-0.2, 0) is 4.79 Å². The van der Waals surface area contributed by atoms with Crippen molar-refractivity contribution < 1.29 is 9.72 Å². The lowest BCUT2D eigenvalue weighted by Gasteiger charge is -2.18. The number of benzene rings is 1. The molecule has 98 valence electrons. The number of anilines is 2. The number of hydrogen-bond acceptors (Lipinski definition) is 4. The highest BCUT2D eigenvalue weighted by Crippen LogP contribution is 2.42. The summed E-state index contributed by atoms with van der Waals surface area (Å²) in [4.78, 5) is 23.4. The Morgan fingerprint density at radius 2 is 2.11 bits per heavy atom. The molecule has 0 aliphatic carbocycles. The van der Waals surface area contributed by atoms with Crippen molar-refractivity contribution in [1.82, 2.24) is 0 Å². The molecule has 1 aromatic rings. The average Bonchev–Trinajstić information content (AvgIpc) is 2.30. The van der Waals surface area contributed by atoms with Crippen molar-refractivity contribution in [2.45, 2.75) is 13.8 Å². The predicted molar refractivity (Wildman–Crippen MR) is 74.2 cm³/mol. The molecule has 0 spiro atoms. The van der Waals surface area contributed by atoms with E-state index >= 15 is 0 Å². The smallest absolute Gasteiger partial charge is 0.316 e. The van der Waals surface area contributed by atoms with Crippen LogP contribution >= 0.6 is 15.9 Å². The highest BCUT2D eigenvalue weighted by molar-refractivity contribution is 9.10. The normalized spacial score (nSPS) is 10.1. The number of carbonyl (C=O) groups excluding carboxylic acids is 1. The summed E-state index contributed by atoms with van der Waals surface area (Å²) in [5.41, 5.74) is 1.33. The average molecular weight is 316 g/mol. The predicted octanol–water partition coefficient (Wildman–Crippen LogP) is 2.69. The van der Waals surface area contributed by atoms with Crippen molar-refractivity contribution in [1.29, 1.82) is 0 Å². The van der Waals surface area contributed by atoms with Gasteiger partial charge in [0.2, 0.25) is 5.91 Å². The molecule has 0 bridgehead atoms. The summed E-state index contributed by atoms with van der Waals surface area (Å²) in [6, 6.07) is 1.62. The van der Waals surface area contributed by atoms with E-state index in [9.17, 15) is 14.9 Å². The number of aryl methyl sites for hydroxylation is 1. The van der Waals surface area contributed by atoms with Crippen LogP contribution < -0.4 is 10.2 Å². The van der Waals surface area contributed by atoms with E-state index in [1.54, 1.807) is 13.1 Å². The van der Waals surface area contributed by atoms with Gasteiger partial charge in [0, 0.05) is 21.0 Å². The van der Waals surface area contributed by atoms with Crippen molar-refractivity contribution in [2.75, 3.05) is 24.3 Å². The van der Waals surface area contributed by atoms with Crippen LogP contribution in [0.25, 0.3) is 0 Å². The number of nitro groups is 1. The number of halogens is 1. The number of nitrogens with zero attached hydrogens (tertiary/aromatic N) is 2. The van der Waals surface area contributed by atoms with Crippen LogP contribution in [0.3, 0.4) is 0 Å². The van der Waals surface area contributed by atoms with Crippen LogP contribution in [0.2, 0.25) is 0 Å². The van der Waals surface area contributed by atoms with Gasteiger partial charge in [0.15, 0.2) is 0 Å². The van der Waals surface area contributed by atoms with E-state index in [0.717, 1.165) is 5.56 Å². The first kappa shape index (κ1) is 14.4. The molecular formula is C11H14BrN3O3. The van der Waals surface area contributed by atoms with Gasteiger partial charge < -0.3 is 10.2 Å². The van der Waals surface area contributed by atoms with Gasteiger partial charge in [-0.15, -0.1) is 0 Å². The van der Waals surface area contributed by atoms with Crippen LogP contribution in [0.15, 0.2) is 10.5 Å². The molecule has 1 amide bonds. The van der Waals surface area contributed by atoms with E-state index in [1.165, 1.54) is 18.9 Å². The Balaban J connectivity index is 3.65. The fraction of sp³-hybridized carbons (Fsp3) is 0.364. The summed E-state index contributed by atoms with van der Waals surface area (Å²) in [6.45, 7) is 3.17. The molecule has 1 N–H and O–H groups in total. The van der Waals surface area contributed by atoms with E-state index in [0.29, 0.717) is 10.2 Å². The number of hydrogen-bond donors (Lipinski definition) is 1. The van der Waals surface area contributed by atoms with Crippen LogP contribution in [0.4, 0.5) is 17.1 Å². The highest BCUT2D eigenvalue weighted by atomic mass is 79.9. The molecular weight excluding hydrogens is 302 g/mol. The third-order valence-corrected chi connectivity index (χ3v) is 3.69. The molecule has 0 aliphatic heterocycles. The van der Waals surface area contributed by atoms with E-state index < -0.39 is 4.92 Å². The van der Waals surface area contributed by atoms with Crippen LogP contribution in [-0.4, -0.2) is 24.9 Å². The number of carbonyl (C=O) groups is 1. The first-order chi connectivity index (χ1) is 8.31. The van der Waals surface area contributed by atoms with Crippen molar-refractivity contribution >= 4 is 38.9 Å². The van der Waals surface area contributed by atoms with E-state index in [2.05, 4.69) is 21.2 Å². The minimum absolute atomic E-state index is 0.118. The topological polar surface area (TPSA) is 75.5 Å². The monoisotopic (exact) mass is 315 g/mol. The maximum atomic E-state index is 11.4. The number of nitrogens with one attached hydrogen (secondary N) is 1. The summed E-state index contributed by atoms with van der Waals surface area (Å²) in [5, 5.41) is 14.0. The number of nitro benzene ring substituents is 1. The van der Waals surface area contributed by atoms with Crippen molar-refractivity contribution in [3.8, 4) is 0 Å². The standard InChI is InChI=1S/C11H14BrN3O3/c1-6-5-8(14(4)7(2)16)11(15(17)18)10(13-3)9(6)12/h5,13H,1-4H3. The summed E-state index contributed by atoms with van der Waals surface area (Å²) in [6.07, 6.45) is 0. The van der Waals surface area contributed by atoms with Gasteiger partial charge in [-0.05, 0) is 34.5 Å². The second-order valence-electron chi connectivity index (χ2n) is 3.84. The second kappa shape index (κ2) is 5.34. The van der Waals surface area contributed by atoms with Crippen LogP contribution in [0.5, 0.6) is 0 Å². The van der Waals surface area contributed by atoms with Gasteiger partial charge in [0.05, 0.1) is 9.40 Å². The van der Waals surface area contributed by atoms with E-state index in [1.807, 2.05) is 6.92 Å². The molecule has 0 saturated heterocycles. The lowest BCUT2D eigenvalue weighted by Crippen LogP contribution is -2.24. The Kier molecular flexibility index (Phi) is 4.28. The zero-order valence-electron chi connectivity index (χ0n) is 10.6. The molecule has 0 aromatic heterocycles. The maximum absolute atomic E-state index is 11.4. The third kappa shape index (κ3) is 2.45. The summed E-state index contributed by atoms with van der Waals surface area (Å²) < 4.78 is 0.623. The molecule has 1 aromatic carbocycles. The van der Waals surface area contributed by atoms with Crippen molar-refractivity contribution in [2.24, 2.45) is 0 Å². The van der Waals surface area contributed by atoms with Gasteiger partial charge >= 0.3 is 5.69 Å². The van der Waals surface area contributed by atoms with Gasteiger partial charge in [-0.3, -0.25) is 14.9 Å². The van der Waals surface area contributed by atoms with Gasteiger partial charge in [-0.25, -0.2) is 0 Å². The SMILES string of the molecule is CNc1c(Br)c(C)cc(N(C)C(C)=O)c1[N+](=O)[O-]. The Morgan fingerprint density at radius 3 is 2.50 bits per heavy atom. The molecule has 0 unspecified atom stereocenters. The second-order valence-corrected chi connectivity index (χ2v) is 4.63. The Morgan fingerprint density at radius 1 is 1.56 bits per heavy atom. The first-order valence-electron chi connectivity index (χ1n) is 5.20. The molecule has 0 heterocycles. The van der Waals surface area contributed by atoms with Gasteiger partial charge in [0.25, 0.3) is 0 Å². The fourth-order valence-electron chi connectivity index (χ4n) is 1.60. The van der Waals surface area contributed by atoms with E-state index in [-0.39, 0.29) is 17.3 Å². The zero-order valence-corrected chi connectivity index (χ0v) is 12.2. The van der Waals surface area contributed by atoms with E-state index in [4.69, 9.17) is 0 Å². The number of rotatable bonds is 3. The lowest BCUT2D eigenvalue weighted by molar-refractivity contribution is -0.383. The first-order valence-corrected chi connectivity index (χ1v) is 6.00. The Hall–Kier alpha value is -1.63. The summed E-state index contributed by atoms with van der Waals surface area (Å²) in [7, 11) is 3.11. The molecule has 18 heavy (non-hydrogen) atoms. The molecule has 0 fully saturated rings. The Bertz CT molecular complexity index is 517. The largest absolute Gasteiger partial charge is 0.382 e. The lowest BCUT2D eigenvalue weighted by atomic mass is 10.1. The molecule has 0 saturated carbocycles. The zero-order chi connectivity index (χ0) is 14.0. The summed E-state index contributed by atoms with van der Waals surface area (Å²) in [5.74, 6) is -0.262. The summed E-state index contributed by atoms with van der Waals surface area (Å²) >= 11 is 3.31. The number of amides is 1. The Labute approximate surface area is 113 Å². The molecule has 1 rings (SSSR count). The van der Waals surface area contributed by atoms with Crippen molar-refractivity contribution in [3.63, 3.8) is 0 Å². The van der Waals surface area contributed by atoms with Gasteiger partial charge in [-0.1, -0.05) is 0 Å². The molecule has 6 nitrogen and oxygen atoms in total. The van der Waals surface area contributed by atoms with Gasteiger partial charge in [-0.2, -0.15) is 0 Å². The van der Waals surface area contributed by atoms with Gasteiger partial charge in [0.1, 0.15) is 11.4 Å². The molecule has 0 atom stereocenters. The minimum atomic E-state index is -0.495.